The molecule has 0 unspecified atom stereocenters. The van der Waals surface area contributed by atoms with E-state index in [4.69, 9.17) is 9.84 Å². The zero-order chi connectivity index (χ0) is 24.8. The molecule has 1 aliphatic carbocycles. The Bertz CT molecular complexity index is 1180. The fraction of sp³-hybridized carbons (Fsp3) is 0.308. The Labute approximate surface area is 203 Å². The lowest BCUT2D eigenvalue weighted by Gasteiger charge is -2.19. The number of aromatic nitrogens is 2. The smallest absolute Gasteiger partial charge is 0.407 e. The quantitative estimate of drug-likeness (QED) is 0.412. The Morgan fingerprint density at radius 2 is 1.74 bits per heavy atom. The summed E-state index contributed by atoms with van der Waals surface area (Å²) in [5.74, 6) is -1.34. The summed E-state index contributed by atoms with van der Waals surface area (Å²) in [4.78, 5) is 39.5. The number of rotatable bonds is 10. The zero-order valence-corrected chi connectivity index (χ0v) is 19.4. The highest BCUT2D eigenvalue weighted by Gasteiger charge is 2.29. The minimum Gasteiger partial charge on any atom is -0.476 e. The molecule has 1 heterocycles. The third kappa shape index (κ3) is 5.68. The van der Waals surface area contributed by atoms with Crippen LogP contribution in [-0.2, 0) is 16.1 Å². The van der Waals surface area contributed by atoms with Crippen molar-refractivity contribution in [3.63, 3.8) is 0 Å². The van der Waals surface area contributed by atoms with Crippen molar-refractivity contribution in [2.45, 2.75) is 38.3 Å². The summed E-state index contributed by atoms with van der Waals surface area (Å²) in [5, 5.41) is 14.5. The highest BCUT2D eigenvalue weighted by molar-refractivity contribution is 5.85. The van der Waals surface area contributed by atoms with Crippen LogP contribution in [0.1, 0.15) is 47.3 Å². The van der Waals surface area contributed by atoms with Crippen molar-refractivity contribution in [2.24, 2.45) is 0 Å². The van der Waals surface area contributed by atoms with Crippen LogP contribution in [0.5, 0.6) is 0 Å². The molecule has 0 radical (unpaired) electrons. The van der Waals surface area contributed by atoms with E-state index in [1.807, 2.05) is 31.2 Å². The molecule has 9 nitrogen and oxygen atoms in total. The molecule has 0 saturated heterocycles. The SMILES string of the molecule is CC[C@@H](CC(=O)NCCn1cnc(C(=O)O)c1)NC(=O)OCC1c2ccccc2-c2ccccc21. The summed E-state index contributed by atoms with van der Waals surface area (Å²) in [7, 11) is 0. The minimum absolute atomic E-state index is 0.0265. The standard InChI is InChI=1S/C26H28N4O5/c1-2-17(13-24(31)27-11-12-30-14-23(25(32)33)28-16-30)29-26(34)35-15-22-20-9-5-3-7-18(20)19-8-4-6-10-21(19)22/h3-10,14,16-17,22H,2,11-13,15H2,1H3,(H,27,31)(H,29,34)(H,32,33)/t17-/m0/s1. The van der Waals surface area contributed by atoms with Crippen LogP contribution < -0.4 is 10.6 Å². The Kier molecular flexibility index (Phi) is 7.45. The second-order valence-electron chi connectivity index (χ2n) is 8.43. The lowest BCUT2D eigenvalue weighted by atomic mass is 9.98. The maximum absolute atomic E-state index is 12.5. The maximum atomic E-state index is 12.5. The van der Waals surface area contributed by atoms with Gasteiger partial charge in [-0.05, 0) is 28.7 Å². The summed E-state index contributed by atoms with van der Waals surface area (Å²) >= 11 is 0. The molecule has 0 bridgehead atoms. The van der Waals surface area contributed by atoms with E-state index in [2.05, 4.69) is 39.9 Å². The van der Waals surface area contributed by atoms with E-state index in [9.17, 15) is 14.4 Å². The zero-order valence-electron chi connectivity index (χ0n) is 19.4. The van der Waals surface area contributed by atoms with Crippen molar-refractivity contribution >= 4 is 18.0 Å². The van der Waals surface area contributed by atoms with Gasteiger partial charge in [0.15, 0.2) is 5.69 Å². The van der Waals surface area contributed by atoms with Crippen LogP contribution >= 0.6 is 0 Å². The first-order chi connectivity index (χ1) is 17.0. The summed E-state index contributed by atoms with van der Waals surface area (Å²) < 4.78 is 7.17. The van der Waals surface area contributed by atoms with E-state index in [1.54, 1.807) is 4.57 Å². The number of nitrogens with one attached hydrogen (secondary N) is 2. The molecule has 182 valence electrons. The molecule has 3 aromatic rings. The summed E-state index contributed by atoms with van der Waals surface area (Å²) in [6.07, 6.45) is 2.95. The monoisotopic (exact) mass is 476 g/mol. The van der Waals surface area contributed by atoms with Gasteiger partial charge >= 0.3 is 12.1 Å². The van der Waals surface area contributed by atoms with Crippen LogP contribution in [0.15, 0.2) is 61.1 Å². The van der Waals surface area contributed by atoms with Crippen molar-refractivity contribution in [2.75, 3.05) is 13.2 Å². The number of alkyl carbamates (subject to hydrolysis) is 1. The van der Waals surface area contributed by atoms with Gasteiger partial charge in [-0.1, -0.05) is 55.5 Å². The van der Waals surface area contributed by atoms with E-state index in [0.29, 0.717) is 19.5 Å². The minimum atomic E-state index is -1.10. The number of aromatic carboxylic acids is 1. The fourth-order valence-corrected chi connectivity index (χ4v) is 4.32. The van der Waals surface area contributed by atoms with E-state index in [1.165, 1.54) is 12.5 Å². The molecule has 0 fully saturated rings. The summed E-state index contributed by atoms with van der Waals surface area (Å²) in [5.41, 5.74) is 4.56. The maximum Gasteiger partial charge on any atom is 0.407 e. The first-order valence-corrected chi connectivity index (χ1v) is 11.6. The van der Waals surface area contributed by atoms with Gasteiger partial charge in [-0.3, -0.25) is 4.79 Å². The first-order valence-electron chi connectivity index (χ1n) is 11.6. The molecular weight excluding hydrogens is 448 g/mol. The number of carboxylic acid groups (broad SMARTS) is 1. The van der Waals surface area contributed by atoms with Gasteiger partial charge in [0.1, 0.15) is 6.61 Å². The number of imidazole rings is 1. The lowest BCUT2D eigenvalue weighted by molar-refractivity contribution is -0.121. The van der Waals surface area contributed by atoms with E-state index in [-0.39, 0.29) is 36.6 Å². The van der Waals surface area contributed by atoms with Gasteiger partial charge in [-0.25, -0.2) is 14.6 Å². The van der Waals surface area contributed by atoms with E-state index < -0.39 is 12.1 Å². The molecule has 0 aliphatic heterocycles. The predicted octanol–water partition coefficient (Wildman–Crippen LogP) is 3.40. The topological polar surface area (TPSA) is 123 Å². The largest absolute Gasteiger partial charge is 0.476 e. The predicted molar refractivity (Wildman–Crippen MR) is 129 cm³/mol. The van der Waals surface area contributed by atoms with Crippen LogP contribution in [0.2, 0.25) is 0 Å². The average molecular weight is 477 g/mol. The van der Waals surface area contributed by atoms with Crippen LogP contribution in [0.4, 0.5) is 4.79 Å². The number of amides is 2. The Morgan fingerprint density at radius 3 is 2.34 bits per heavy atom. The van der Waals surface area contributed by atoms with Gasteiger partial charge in [-0.15, -0.1) is 0 Å². The van der Waals surface area contributed by atoms with Crippen molar-refractivity contribution in [1.29, 1.82) is 0 Å². The number of benzene rings is 2. The van der Waals surface area contributed by atoms with Gasteiger partial charge in [0.25, 0.3) is 0 Å². The number of hydrogen-bond acceptors (Lipinski definition) is 5. The number of carboxylic acids is 1. The molecule has 3 N–H and O–H groups in total. The van der Waals surface area contributed by atoms with E-state index >= 15 is 0 Å². The number of carbonyl (C=O) groups excluding carboxylic acids is 2. The molecule has 9 heteroatoms. The van der Waals surface area contributed by atoms with Crippen molar-refractivity contribution < 1.29 is 24.2 Å². The number of fused-ring (bicyclic) bond motifs is 3. The van der Waals surface area contributed by atoms with Crippen molar-refractivity contribution in [3.8, 4) is 11.1 Å². The highest BCUT2D eigenvalue weighted by atomic mass is 16.5. The lowest BCUT2D eigenvalue weighted by Crippen LogP contribution is -2.40. The van der Waals surface area contributed by atoms with Gasteiger partial charge in [0.2, 0.25) is 5.91 Å². The second kappa shape index (κ2) is 10.9. The van der Waals surface area contributed by atoms with Crippen LogP contribution in [0.25, 0.3) is 11.1 Å². The fourth-order valence-electron chi connectivity index (χ4n) is 4.32. The summed E-state index contributed by atoms with van der Waals surface area (Å²) in [6.45, 7) is 2.81. The average Bonchev–Trinajstić information content (AvgIpc) is 3.45. The molecule has 4 rings (SSSR count). The van der Waals surface area contributed by atoms with Gasteiger partial charge < -0.3 is 25.0 Å². The van der Waals surface area contributed by atoms with Crippen LogP contribution in [-0.4, -0.2) is 51.8 Å². The molecule has 35 heavy (non-hydrogen) atoms. The van der Waals surface area contributed by atoms with Gasteiger partial charge in [0.05, 0.1) is 6.33 Å². The first kappa shape index (κ1) is 24.0. The molecule has 1 aliphatic rings. The highest BCUT2D eigenvalue weighted by Crippen LogP contribution is 2.44. The van der Waals surface area contributed by atoms with Crippen molar-refractivity contribution in [3.05, 3.63) is 77.9 Å². The van der Waals surface area contributed by atoms with Crippen molar-refractivity contribution in [1.82, 2.24) is 20.2 Å². The molecule has 0 saturated carbocycles. The van der Waals surface area contributed by atoms with Crippen LogP contribution in [0, 0.1) is 0 Å². The van der Waals surface area contributed by atoms with Gasteiger partial charge in [0, 0.05) is 37.7 Å². The number of hydrogen-bond donors (Lipinski definition) is 3. The van der Waals surface area contributed by atoms with Crippen LogP contribution in [0.3, 0.4) is 0 Å². The number of ether oxygens (including phenoxy) is 1. The summed E-state index contributed by atoms with van der Waals surface area (Å²) in [6, 6.07) is 15.9. The molecule has 0 spiro atoms. The molecule has 2 aromatic carbocycles. The second-order valence-corrected chi connectivity index (χ2v) is 8.43. The third-order valence-electron chi connectivity index (χ3n) is 6.13. The number of carbonyl (C=O) groups is 3. The molecule has 1 atom stereocenters. The van der Waals surface area contributed by atoms with E-state index in [0.717, 1.165) is 22.3 Å². The number of nitrogens with zero attached hydrogens (tertiary/aromatic N) is 2. The Balaban J connectivity index is 1.24. The Hall–Kier alpha value is -4.14. The normalized spacial score (nSPS) is 12.9. The molecule has 2 amide bonds. The third-order valence-corrected chi connectivity index (χ3v) is 6.13. The molecular formula is C26H28N4O5. The molecule has 1 aromatic heterocycles. The van der Waals surface area contributed by atoms with Gasteiger partial charge in [-0.2, -0.15) is 0 Å². The Morgan fingerprint density at radius 1 is 1.09 bits per heavy atom.